The summed E-state index contributed by atoms with van der Waals surface area (Å²) in [5, 5.41) is 3.46. The molecule has 102 valence electrons. The highest BCUT2D eigenvalue weighted by Crippen LogP contribution is 2.41. The molecule has 1 aliphatic rings. The topological polar surface area (TPSA) is 25.2 Å². The van der Waals surface area contributed by atoms with Crippen LogP contribution >= 0.6 is 0 Å². The Morgan fingerprint density at radius 3 is 2.72 bits per heavy atom. The van der Waals surface area contributed by atoms with Gasteiger partial charge in [0.05, 0.1) is 12.5 Å². The van der Waals surface area contributed by atoms with Crippen LogP contribution in [0.4, 0.5) is 8.78 Å². The van der Waals surface area contributed by atoms with Gasteiger partial charge in [0.1, 0.15) is 0 Å². The Bertz CT molecular complexity index is 341. The monoisotopic (exact) mass is 257 g/mol. The van der Waals surface area contributed by atoms with E-state index in [2.05, 4.69) is 12.2 Å². The summed E-state index contributed by atoms with van der Waals surface area (Å²) in [7, 11) is 0. The first kappa shape index (κ1) is 13.5. The zero-order valence-electron chi connectivity index (χ0n) is 10.8. The fourth-order valence-corrected chi connectivity index (χ4v) is 2.70. The third kappa shape index (κ3) is 3.31. The molecule has 0 saturated heterocycles. The molecule has 0 spiro atoms. The van der Waals surface area contributed by atoms with Crippen LogP contribution in [-0.4, -0.2) is 12.5 Å². The van der Waals surface area contributed by atoms with Crippen molar-refractivity contribution in [3.63, 3.8) is 0 Å². The standard InChI is InChI=1S/C14H21F2NO/c1-2-8-17-13(12-5-9-18-10-12)11-3-6-14(15,16)7-4-11/h5,9-11,13,17H,2-4,6-8H2,1H3. The largest absolute Gasteiger partial charge is 0.472 e. The van der Waals surface area contributed by atoms with Crippen molar-refractivity contribution in [3.8, 4) is 0 Å². The SMILES string of the molecule is CCCNC(c1ccoc1)C1CCC(F)(F)CC1. The van der Waals surface area contributed by atoms with Crippen LogP contribution in [0.2, 0.25) is 0 Å². The van der Waals surface area contributed by atoms with Crippen LogP contribution in [0.5, 0.6) is 0 Å². The summed E-state index contributed by atoms with van der Waals surface area (Å²) in [6, 6.07) is 2.08. The Kier molecular flexibility index (Phi) is 4.38. The van der Waals surface area contributed by atoms with Gasteiger partial charge in [0.15, 0.2) is 0 Å². The number of furan rings is 1. The van der Waals surface area contributed by atoms with Gasteiger partial charge in [0, 0.05) is 24.4 Å². The van der Waals surface area contributed by atoms with Crippen LogP contribution in [0.1, 0.15) is 50.6 Å². The molecule has 0 radical (unpaired) electrons. The van der Waals surface area contributed by atoms with Gasteiger partial charge in [-0.05, 0) is 37.8 Å². The summed E-state index contributed by atoms with van der Waals surface area (Å²) < 4.78 is 31.5. The highest BCUT2D eigenvalue weighted by molar-refractivity contribution is 5.13. The molecule has 2 rings (SSSR count). The number of nitrogens with one attached hydrogen (secondary N) is 1. The molecule has 1 aromatic rings. The van der Waals surface area contributed by atoms with Gasteiger partial charge < -0.3 is 9.73 Å². The van der Waals surface area contributed by atoms with Crippen molar-refractivity contribution in [3.05, 3.63) is 24.2 Å². The predicted octanol–water partition coefficient (Wildman–Crippen LogP) is 4.15. The van der Waals surface area contributed by atoms with Gasteiger partial charge >= 0.3 is 0 Å². The van der Waals surface area contributed by atoms with Crippen molar-refractivity contribution in [2.75, 3.05) is 6.54 Å². The van der Waals surface area contributed by atoms with E-state index in [4.69, 9.17) is 4.42 Å². The van der Waals surface area contributed by atoms with E-state index in [0.717, 1.165) is 18.5 Å². The second-order valence-corrected chi connectivity index (χ2v) is 5.18. The maximum absolute atomic E-state index is 13.2. The van der Waals surface area contributed by atoms with Crippen molar-refractivity contribution in [1.29, 1.82) is 0 Å². The van der Waals surface area contributed by atoms with Crippen LogP contribution in [0.3, 0.4) is 0 Å². The molecule has 1 saturated carbocycles. The summed E-state index contributed by atoms with van der Waals surface area (Å²) >= 11 is 0. The van der Waals surface area contributed by atoms with Gasteiger partial charge in [-0.1, -0.05) is 6.92 Å². The molecule has 0 amide bonds. The molecular weight excluding hydrogens is 236 g/mol. The molecular formula is C14H21F2NO. The minimum Gasteiger partial charge on any atom is -0.472 e. The van der Waals surface area contributed by atoms with E-state index in [9.17, 15) is 8.78 Å². The van der Waals surface area contributed by atoms with Gasteiger partial charge in [-0.2, -0.15) is 0 Å². The quantitative estimate of drug-likeness (QED) is 0.857. The summed E-state index contributed by atoms with van der Waals surface area (Å²) in [6.45, 7) is 3.01. The van der Waals surface area contributed by atoms with Crippen molar-refractivity contribution >= 4 is 0 Å². The minimum atomic E-state index is -2.46. The number of halogens is 2. The van der Waals surface area contributed by atoms with Crippen molar-refractivity contribution < 1.29 is 13.2 Å². The highest BCUT2D eigenvalue weighted by atomic mass is 19.3. The molecule has 1 heterocycles. The number of hydrogen-bond acceptors (Lipinski definition) is 2. The van der Waals surface area contributed by atoms with E-state index in [-0.39, 0.29) is 24.8 Å². The molecule has 0 bridgehead atoms. The third-order valence-corrected chi connectivity index (χ3v) is 3.75. The Hall–Kier alpha value is -0.900. The molecule has 0 aliphatic heterocycles. The van der Waals surface area contributed by atoms with E-state index in [0.29, 0.717) is 12.8 Å². The van der Waals surface area contributed by atoms with Crippen molar-refractivity contribution in [1.82, 2.24) is 5.32 Å². The van der Waals surface area contributed by atoms with Gasteiger partial charge in [-0.15, -0.1) is 0 Å². The van der Waals surface area contributed by atoms with E-state index >= 15 is 0 Å². The molecule has 0 aromatic carbocycles. The Morgan fingerprint density at radius 2 is 2.17 bits per heavy atom. The normalized spacial score (nSPS) is 21.9. The van der Waals surface area contributed by atoms with Crippen LogP contribution in [0, 0.1) is 5.92 Å². The van der Waals surface area contributed by atoms with Gasteiger partial charge in [-0.3, -0.25) is 0 Å². The van der Waals surface area contributed by atoms with E-state index in [1.165, 1.54) is 0 Å². The molecule has 1 atom stereocenters. The van der Waals surface area contributed by atoms with Crippen molar-refractivity contribution in [2.24, 2.45) is 5.92 Å². The number of rotatable bonds is 5. The second kappa shape index (κ2) is 5.83. The minimum absolute atomic E-state index is 0.0137. The molecule has 1 N–H and O–H groups in total. The van der Waals surface area contributed by atoms with E-state index in [1.807, 2.05) is 6.07 Å². The zero-order chi connectivity index (χ0) is 13.0. The van der Waals surface area contributed by atoms with Crippen LogP contribution in [0.25, 0.3) is 0 Å². The van der Waals surface area contributed by atoms with E-state index < -0.39 is 5.92 Å². The Morgan fingerprint density at radius 1 is 1.44 bits per heavy atom. The van der Waals surface area contributed by atoms with E-state index in [1.54, 1.807) is 12.5 Å². The van der Waals surface area contributed by atoms with Crippen molar-refractivity contribution in [2.45, 2.75) is 51.0 Å². The summed E-state index contributed by atoms with van der Waals surface area (Å²) in [5.41, 5.74) is 1.08. The lowest BCUT2D eigenvalue weighted by atomic mass is 9.80. The molecule has 1 aliphatic carbocycles. The zero-order valence-corrected chi connectivity index (χ0v) is 10.8. The summed E-state index contributed by atoms with van der Waals surface area (Å²) in [6.07, 6.45) is 5.60. The lowest BCUT2D eigenvalue weighted by Crippen LogP contribution is -2.34. The maximum atomic E-state index is 13.2. The average Bonchev–Trinajstić information content (AvgIpc) is 2.85. The molecule has 1 fully saturated rings. The molecule has 2 nitrogen and oxygen atoms in total. The smallest absolute Gasteiger partial charge is 0.248 e. The lowest BCUT2D eigenvalue weighted by Gasteiger charge is -2.34. The predicted molar refractivity (Wildman–Crippen MR) is 66.6 cm³/mol. The number of hydrogen-bond donors (Lipinski definition) is 1. The van der Waals surface area contributed by atoms with Crippen LogP contribution < -0.4 is 5.32 Å². The first-order valence-corrected chi connectivity index (χ1v) is 6.75. The van der Waals surface area contributed by atoms with Crippen LogP contribution in [-0.2, 0) is 0 Å². The third-order valence-electron chi connectivity index (χ3n) is 3.75. The maximum Gasteiger partial charge on any atom is 0.248 e. The van der Waals surface area contributed by atoms with Crippen LogP contribution in [0.15, 0.2) is 23.0 Å². The highest BCUT2D eigenvalue weighted by Gasteiger charge is 2.38. The lowest BCUT2D eigenvalue weighted by molar-refractivity contribution is -0.0497. The first-order chi connectivity index (χ1) is 8.62. The first-order valence-electron chi connectivity index (χ1n) is 6.75. The molecule has 18 heavy (non-hydrogen) atoms. The van der Waals surface area contributed by atoms with Gasteiger partial charge in [0.25, 0.3) is 0 Å². The molecule has 1 unspecified atom stereocenters. The molecule has 1 aromatic heterocycles. The molecule has 4 heteroatoms. The fourth-order valence-electron chi connectivity index (χ4n) is 2.70. The Balaban J connectivity index is 2.01. The summed E-state index contributed by atoms with van der Waals surface area (Å²) in [5.74, 6) is -2.17. The summed E-state index contributed by atoms with van der Waals surface area (Å²) in [4.78, 5) is 0. The van der Waals surface area contributed by atoms with Gasteiger partial charge in [0.2, 0.25) is 5.92 Å². The second-order valence-electron chi connectivity index (χ2n) is 5.18. The Labute approximate surface area is 107 Å². The number of alkyl halides is 2. The van der Waals surface area contributed by atoms with Gasteiger partial charge in [-0.25, -0.2) is 8.78 Å². The fraction of sp³-hybridized carbons (Fsp3) is 0.714. The average molecular weight is 257 g/mol.